The van der Waals surface area contributed by atoms with Crippen LogP contribution in [0, 0.1) is 12.8 Å². The van der Waals surface area contributed by atoms with Crippen molar-refractivity contribution in [3.8, 4) is 0 Å². The molecule has 3 nitrogen and oxygen atoms in total. The van der Waals surface area contributed by atoms with Gasteiger partial charge >= 0.3 is 0 Å². The van der Waals surface area contributed by atoms with E-state index in [9.17, 15) is 0 Å². The minimum Gasteiger partial charge on any atom is -0.310 e. The van der Waals surface area contributed by atoms with Gasteiger partial charge in [0.15, 0.2) is 0 Å². The molecule has 1 aromatic rings. The first-order valence-corrected chi connectivity index (χ1v) is 7.54. The van der Waals surface area contributed by atoms with Crippen LogP contribution in [0.4, 0.5) is 0 Å². The molecule has 0 spiro atoms. The SMILES string of the molecule is Cc1ccncc1CN1CCCNC(C)(C2CC2)C1. The maximum absolute atomic E-state index is 4.28. The molecule has 2 heterocycles. The van der Waals surface area contributed by atoms with E-state index >= 15 is 0 Å². The molecule has 3 rings (SSSR count). The van der Waals surface area contributed by atoms with Crippen LogP contribution in [0.1, 0.15) is 37.3 Å². The Morgan fingerprint density at radius 2 is 2.32 bits per heavy atom. The predicted octanol–water partition coefficient (Wildman–Crippen LogP) is 2.35. The monoisotopic (exact) mass is 259 g/mol. The van der Waals surface area contributed by atoms with E-state index < -0.39 is 0 Å². The van der Waals surface area contributed by atoms with Gasteiger partial charge in [0.05, 0.1) is 0 Å². The first-order chi connectivity index (χ1) is 9.17. The van der Waals surface area contributed by atoms with Crippen LogP contribution in [0.3, 0.4) is 0 Å². The van der Waals surface area contributed by atoms with Gasteiger partial charge in [0.25, 0.3) is 0 Å². The second kappa shape index (κ2) is 5.22. The van der Waals surface area contributed by atoms with Gasteiger partial charge in [-0.05, 0) is 69.3 Å². The molecular weight excluding hydrogens is 234 g/mol. The van der Waals surface area contributed by atoms with Crippen LogP contribution in [-0.2, 0) is 6.54 Å². The molecule has 1 aromatic heterocycles. The molecular formula is C16H25N3. The van der Waals surface area contributed by atoms with Crippen molar-refractivity contribution in [1.82, 2.24) is 15.2 Å². The molecule has 1 unspecified atom stereocenters. The van der Waals surface area contributed by atoms with Crippen LogP contribution in [0.2, 0.25) is 0 Å². The van der Waals surface area contributed by atoms with Crippen LogP contribution in [-0.4, -0.2) is 35.1 Å². The van der Waals surface area contributed by atoms with Crippen molar-refractivity contribution in [2.75, 3.05) is 19.6 Å². The third-order valence-corrected chi connectivity index (χ3v) is 4.75. The van der Waals surface area contributed by atoms with E-state index in [0.29, 0.717) is 5.54 Å². The van der Waals surface area contributed by atoms with Crippen LogP contribution in [0.15, 0.2) is 18.5 Å². The van der Waals surface area contributed by atoms with E-state index in [1.807, 2.05) is 12.4 Å². The van der Waals surface area contributed by atoms with E-state index in [4.69, 9.17) is 0 Å². The molecule has 1 N–H and O–H groups in total. The van der Waals surface area contributed by atoms with Gasteiger partial charge in [0.2, 0.25) is 0 Å². The highest BCUT2D eigenvalue weighted by atomic mass is 15.2. The van der Waals surface area contributed by atoms with E-state index in [1.54, 1.807) is 0 Å². The quantitative estimate of drug-likeness (QED) is 0.903. The molecule has 3 heteroatoms. The summed E-state index contributed by atoms with van der Waals surface area (Å²) in [6.07, 6.45) is 7.98. The number of aromatic nitrogens is 1. The number of nitrogens with one attached hydrogen (secondary N) is 1. The van der Waals surface area contributed by atoms with Crippen molar-refractivity contribution < 1.29 is 0 Å². The van der Waals surface area contributed by atoms with E-state index in [1.165, 1.54) is 43.5 Å². The lowest BCUT2D eigenvalue weighted by molar-refractivity contribution is 0.194. The topological polar surface area (TPSA) is 28.2 Å². The molecule has 1 saturated heterocycles. The molecule has 0 amide bonds. The number of hydrogen-bond acceptors (Lipinski definition) is 3. The predicted molar refractivity (Wildman–Crippen MR) is 78.0 cm³/mol. The minimum atomic E-state index is 0.326. The van der Waals surface area contributed by atoms with Crippen molar-refractivity contribution in [3.05, 3.63) is 29.6 Å². The Kier molecular flexibility index (Phi) is 3.59. The number of hydrogen-bond donors (Lipinski definition) is 1. The van der Waals surface area contributed by atoms with E-state index in [0.717, 1.165) is 19.0 Å². The Hall–Kier alpha value is -0.930. The lowest BCUT2D eigenvalue weighted by Gasteiger charge is -2.34. The Morgan fingerprint density at radius 3 is 3.05 bits per heavy atom. The normalized spacial score (nSPS) is 29.2. The molecule has 0 radical (unpaired) electrons. The second-order valence-corrected chi connectivity index (χ2v) is 6.48. The molecule has 1 aliphatic heterocycles. The van der Waals surface area contributed by atoms with Gasteiger partial charge in [-0.1, -0.05) is 0 Å². The van der Waals surface area contributed by atoms with Gasteiger partial charge in [-0.15, -0.1) is 0 Å². The van der Waals surface area contributed by atoms with Gasteiger partial charge < -0.3 is 5.32 Å². The van der Waals surface area contributed by atoms with Crippen LogP contribution < -0.4 is 5.32 Å². The van der Waals surface area contributed by atoms with Gasteiger partial charge in [-0.3, -0.25) is 9.88 Å². The smallest absolute Gasteiger partial charge is 0.0315 e. The first kappa shape index (κ1) is 13.1. The maximum atomic E-state index is 4.28. The van der Waals surface area contributed by atoms with Crippen molar-refractivity contribution >= 4 is 0 Å². The standard InChI is InChI=1S/C16H25N3/c1-13-6-8-17-10-14(13)11-19-9-3-7-18-16(2,12-19)15-4-5-15/h6,8,10,15,18H,3-5,7,9,11-12H2,1-2H3. The van der Waals surface area contributed by atoms with Gasteiger partial charge in [0.1, 0.15) is 0 Å². The summed E-state index contributed by atoms with van der Waals surface area (Å²) < 4.78 is 0. The molecule has 104 valence electrons. The zero-order valence-corrected chi connectivity index (χ0v) is 12.2. The Balaban J connectivity index is 1.71. The Bertz CT molecular complexity index is 441. The number of rotatable bonds is 3. The highest BCUT2D eigenvalue weighted by molar-refractivity contribution is 5.21. The highest BCUT2D eigenvalue weighted by Gasteiger charge is 2.42. The summed E-state index contributed by atoms with van der Waals surface area (Å²) in [5, 5.41) is 3.79. The van der Waals surface area contributed by atoms with Crippen LogP contribution in [0.25, 0.3) is 0 Å². The summed E-state index contributed by atoms with van der Waals surface area (Å²) in [7, 11) is 0. The van der Waals surface area contributed by atoms with Gasteiger partial charge in [0, 0.05) is 31.0 Å². The Labute approximate surface area is 116 Å². The molecule has 0 bridgehead atoms. The fourth-order valence-corrected chi connectivity index (χ4v) is 3.31. The Morgan fingerprint density at radius 1 is 1.47 bits per heavy atom. The summed E-state index contributed by atoms with van der Waals surface area (Å²) >= 11 is 0. The molecule has 1 aliphatic carbocycles. The maximum Gasteiger partial charge on any atom is 0.0315 e. The summed E-state index contributed by atoms with van der Waals surface area (Å²) in [5.41, 5.74) is 3.06. The zero-order chi connectivity index (χ0) is 13.3. The zero-order valence-electron chi connectivity index (χ0n) is 12.2. The molecule has 2 aliphatic rings. The summed E-state index contributed by atoms with van der Waals surface area (Å²) in [6.45, 7) is 9.18. The molecule has 19 heavy (non-hydrogen) atoms. The molecule has 0 aromatic carbocycles. The van der Waals surface area contributed by atoms with Crippen LogP contribution in [0.5, 0.6) is 0 Å². The third-order valence-electron chi connectivity index (χ3n) is 4.75. The largest absolute Gasteiger partial charge is 0.310 e. The second-order valence-electron chi connectivity index (χ2n) is 6.48. The fourth-order valence-electron chi connectivity index (χ4n) is 3.31. The third kappa shape index (κ3) is 2.98. The van der Waals surface area contributed by atoms with E-state index in [2.05, 4.69) is 35.1 Å². The van der Waals surface area contributed by atoms with Crippen molar-refractivity contribution in [2.45, 2.75) is 45.2 Å². The lowest BCUT2D eigenvalue weighted by Crippen LogP contribution is -2.50. The average molecular weight is 259 g/mol. The average Bonchev–Trinajstić information content (AvgIpc) is 3.20. The molecule has 1 saturated carbocycles. The fraction of sp³-hybridized carbons (Fsp3) is 0.688. The lowest BCUT2D eigenvalue weighted by atomic mass is 9.95. The van der Waals surface area contributed by atoms with Gasteiger partial charge in [-0.2, -0.15) is 0 Å². The van der Waals surface area contributed by atoms with Crippen molar-refractivity contribution in [1.29, 1.82) is 0 Å². The number of pyridine rings is 1. The summed E-state index contributed by atoms with van der Waals surface area (Å²) in [6, 6.07) is 2.12. The molecule has 1 atom stereocenters. The summed E-state index contributed by atoms with van der Waals surface area (Å²) in [5.74, 6) is 0.892. The highest BCUT2D eigenvalue weighted by Crippen LogP contribution is 2.40. The van der Waals surface area contributed by atoms with Crippen LogP contribution >= 0.6 is 0 Å². The van der Waals surface area contributed by atoms with Crippen molar-refractivity contribution in [3.63, 3.8) is 0 Å². The summed E-state index contributed by atoms with van der Waals surface area (Å²) in [4.78, 5) is 6.89. The first-order valence-electron chi connectivity index (χ1n) is 7.54. The van der Waals surface area contributed by atoms with E-state index in [-0.39, 0.29) is 0 Å². The van der Waals surface area contributed by atoms with Gasteiger partial charge in [-0.25, -0.2) is 0 Å². The van der Waals surface area contributed by atoms with Crippen molar-refractivity contribution in [2.24, 2.45) is 5.92 Å². The number of aryl methyl sites for hydroxylation is 1. The minimum absolute atomic E-state index is 0.326. The molecule has 2 fully saturated rings. The number of nitrogens with zero attached hydrogens (tertiary/aromatic N) is 2.